The molecule has 0 bridgehead atoms. The second kappa shape index (κ2) is 8.31. The second-order valence-corrected chi connectivity index (χ2v) is 7.10. The highest BCUT2D eigenvalue weighted by atomic mass is 32.2. The molecule has 0 atom stereocenters. The molecule has 3 rings (SSSR count). The van der Waals surface area contributed by atoms with Crippen molar-refractivity contribution in [1.82, 2.24) is 10.2 Å². The molecule has 1 aromatic carbocycles. The van der Waals surface area contributed by atoms with Gasteiger partial charge in [0.15, 0.2) is 0 Å². The Bertz CT molecular complexity index is 1120. The van der Waals surface area contributed by atoms with E-state index in [1.807, 2.05) is 6.92 Å². The molecule has 3 aromatic rings. The molecule has 150 valence electrons. The lowest BCUT2D eigenvalue weighted by Crippen LogP contribution is -2.22. The fourth-order valence-corrected chi connectivity index (χ4v) is 3.20. The number of nitro groups is 1. The number of carbonyl (C=O) groups is 1. The maximum atomic E-state index is 11.5. The minimum absolute atomic E-state index is 0.0115. The predicted molar refractivity (Wildman–Crippen MR) is 103 cm³/mol. The molecule has 10 heteroatoms. The van der Waals surface area contributed by atoms with Gasteiger partial charge in [-0.3, -0.25) is 10.1 Å². The number of aliphatic carboxylic acids is 1. The van der Waals surface area contributed by atoms with Gasteiger partial charge < -0.3 is 18.7 Å². The maximum Gasteiger partial charge on any atom is 0.281 e. The van der Waals surface area contributed by atoms with Gasteiger partial charge in [0.1, 0.15) is 11.5 Å². The maximum absolute atomic E-state index is 11.5. The molecule has 2 heterocycles. The molecule has 0 spiro atoms. The number of furan rings is 1. The summed E-state index contributed by atoms with van der Waals surface area (Å²) in [5.41, 5.74) is 1.83. The molecule has 29 heavy (non-hydrogen) atoms. The minimum atomic E-state index is -1.42. The SMILES string of the molecule is CCc1nnc(S/C(=C/c2ccc(-c3cc(C)c(C)c([N+](=O)[O-])c3)o2)C(=O)[O-])o1. The molecule has 0 aliphatic heterocycles. The first-order chi connectivity index (χ1) is 13.8. The molecule has 0 unspecified atom stereocenters. The number of carboxylic acid groups (broad SMARTS) is 1. The van der Waals surface area contributed by atoms with Crippen molar-refractivity contribution in [2.75, 3.05) is 0 Å². The number of carbonyl (C=O) groups excluding carboxylic acids is 1. The van der Waals surface area contributed by atoms with Crippen molar-refractivity contribution in [3.05, 3.63) is 62.1 Å². The summed E-state index contributed by atoms with van der Waals surface area (Å²) < 4.78 is 11.0. The molecule has 0 saturated heterocycles. The van der Waals surface area contributed by atoms with Gasteiger partial charge >= 0.3 is 0 Å². The molecular weight excluding hydrogens is 398 g/mol. The number of carboxylic acids is 1. The summed E-state index contributed by atoms with van der Waals surface area (Å²) in [6.45, 7) is 5.28. The van der Waals surface area contributed by atoms with E-state index >= 15 is 0 Å². The highest BCUT2D eigenvalue weighted by Crippen LogP contribution is 2.32. The summed E-state index contributed by atoms with van der Waals surface area (Å²) in [6, 6.07) is 6.37. The Labute approximate surface area is 169 Å². The van der Waals surface area contributed by atoms with E-state index in [1.165, 1.54) is 12.1 Å². The molecular formula is C19H16N3O6S-. The first-order valence-electron chi connectivity index (χ1n) is 8.57. The number of hydrogen-bond donors (Lipinski definition) is 0. The summed E-state index contributed by atoms with van der Waals surface area (Å²) >= 11 is 0.753. The van der Waals surface area contributed by atoms with Crippen LogP contribution in [0.25, 0.3) is 17.4 Å². The van der Waals surface area contributed by atoms with Gasteiger partial charge in [0.25, 0.3) is 10.9 Å². The first-order valence-corrected chi connectivity index (χ1v) is 9.39. The predicted octanol–water partition coefficient (Wildman–Crippen LogP) is 3.30. The number of thioether (sulfide) groups is 1. The second-order valence-electron chi connectivity index (χ2n) is 6.11. The van der Waals surface area contributed by atoms with Gasteiger partial charge in [-0.1, -0.05) is 6.92 Å². The lowest BCUT2D eigenvalue weighted by Gasteiger charge is -2.05. The monoisotopic (exact) mass is 414 g/mol. The molecule has 0 aliphatic rings. The molecule has 0 N–H and O–H groups in total. The Morgan fingerprint density at radius 3 is 2.62 bits per heavy atom. The van der Waals surface area contributed by atoms with Crippen LogP contribution in [0.15, 0.2) is 43.2 Å². The fraction of sp³-hybridized carbons (Fsp3) is 0.211. The summed E-state index contributed by atoms with van der Waals surface area (Å²) in [5, 5.41) is 30.3. The number of aromatic nitrogens is 2. The zero-order valence-corrected chi connectivity index (χ0v) is 16.6. The highest BCUT2D eigenvalue weighted by molar-refractivity contribution is 8.03. The van der Waals surface area contributed by atoms with Crippen molar-refractivity contribution in [2.45, 2.75) is 32.4 Å². The van der Waals surface area contributed by atoms with Gasteiger partial charge in [-0.2, -0.15) is 0 Å². The van der Waals surface area contributed by atoms with Crippen molar-refractivity contribution in [1.29, 1.82) is 0 Å². The van der Waals surface area contributed by atoms with E-state index in [0.717, 1.165) is 17.3 Å². The average molecular weight is 414 g/mol. The average Bonchev–Trinajstić information content (AvgIpc) is 3.32. The van der Waals surface area contributed by atoms with E-state index in [4.69, 9.17) is 8.83 Å². The van der Waals surface area contributed by atoms with Crippen LogP contribution in [0.4, 0.5) is 5.69 Å². The Kier molecular flexibility index (Phi) is 5.83. The number of nitrogens with zero attached hydrogens (tertiary/aromatic N) is 3. The molecule has 0 saturated carbocycles. The van der Waals surface area contributed by atoms with Crippen LogP contribution in [0.2, 0.25) is 0 Å². The lowest BCUT2D eigenvalue weighted by atomic mass is 10.0. The van der Waals surface area contributed by atoms with Gasteiger partial charge in [0.2, 0.25) is 5.89 Å². The lowest BCUT2D eigenvalue weighted by molar-refractivity contribution is -0.385. The number of hydrogen-bond acceptors (Lipinski definition) is 9. The third-order valence-electron chi connectivity index (χ3n) is 4.17. The van der Waals surface area contributed by atoms with Crippen LogP contribution in [-0.2, 0) is 11.2 Å². The molecule has 0 fully saturated rings. The zero-order valence-electron chi connectivity index (χ0n) is 15.8. The van der Waals surface area contributed by atoms with E-state index in [2.05, 4.69) is 10.2 Å². The van der Waals surface area contributed by atoms with Crippen molar-refractivity contribution >= 4 is 29.5 Å². The van der Waals surface area contributed by atoms with Gasteiger partial charge in [-0.25, -0.2) is 0 Å². The highest BCUT2D eigenvalue weighted by Gasteiger charge is 2.17. The quantitative estimate of drug-likeness (QED) is 0.247. The first kappa shape index (κ1) is 20.3. The molecule has 0 aliphatic carbocycles. The number of nitro benzene ring substituents is 1. The van der Waals surface area contributed by atoms with E-state index in [0.29, 0.717) is 29.2 Å². The van der Waals surface area contributed by atoms with E-state index in [9.17, 15) is 20.0 Å². The number of benzene rings is 1. The van der Waals surface area contributed by atoms with Crippen LogP contribution in [0, 0.1) is 24.0 Å². The number of aryl methyl sites for hydroxylation is 2. The molecule has 9 nitrogen and oxygen atoms in total. The van der Waals surface area contributed by atoms with Crippen LogP contribution >= 0.6 is 11.8 Å². The Morgan fingerprint density at radius 1 is 1.24 bits per heavy atom. The topological polar surface area (TPSA) is 135 Å². The van der Waals surface area contributed by atoms with Crippen LogP contribution in [-0.4, -0.2) is 21.1 Å². The zero-order chi connectivity index (χ0) is 21.1. The van der Waals surface area contributed by atoms with Gasteiger partial charge in [-0.15, -0.1) is 10.2 Å². The Morgan fingerprint density at radius 2 is 2.00 bits per heavy atom. The minimum Gasteiger partial charge on any atom is -0.544 e. The standard InChI is InChI=1S/C19H17N3O6S/c1-4-17-20-21-19(28-17)29-16(18(23)24)9-13-5-6-15(27-13)12-7-10(2)11(3)14(8-12)22(25)26/h5-9H,4H2,1-3H3,(H,23,24)/p-1/b16-9+. The largest absolute Gasteiger partial charge is 0.544 e. The van der Waals surface area contributed by atoms with E-state index < -0.39 is 10.9 Å². The third kappa shape index (κ3) is 4.54. The summed E-state index contributed by atoms with van der Waals surface area (Å²) in [6.07, 6.45) is 1.80. The van der Waals surface area contributed by atoms with Crippen molar-refractivity contribution in [2.24, 2.45) is 0 Å². The molecule has 0 amide bonds. The fourth-order valence-electron chi connectivity index (χ4n) is 2.53. The molecule has 2 aromatic heterocycles. The smallest absolute Gasteiger partial charge is 0.281 e. The number of rotatable bonds is 7. The van der Waals surface area contributed by atoms with Gasteiger partial charge in [-0.05, 0) is 55.4 Å². The summed E-state index contributed by atoms with van der Waals surface area (Å²) in [4.78, 5) is 22.1. The summed E-state index contributed by atoms with van der Waals surface area (Å²) in [7, 11) is 0. The van der Waals surface area contributed by atoms with Crippen LogP contribution < -0.4 is 5.11 Å². The normalized spacial score (nSPS) is 11.6. The molecule has 0 radical (unpaired) electrons. The summed E-state index contributed by atoms with van der Waals surface area (Å²) in [5.74, 6) is -0.424. The third-order valence-corrected chi connectivity index (χ3v) is 5.01. The van der Waals surface area contributed by atoms with Crippen molar-refractivity contribution < 1.29 is 23.7 Å². The van der Waals surface area contributed by atoms with Crippen LogP contribution in [0.5, 0.6) is 0 Å². The van der Waals surface area contributed by atoms with Crippen molar-refractivity contribution in [3.8, 4) is 11.3 Å². The van der Waals surface area contributed by atoms with E-state index in [1.54, 1.807) is 32.0 Å². The Balaban J connectivity index is 1.91. The Hall–Kier alpha value is -3.40. The van der Waals surface area contributed by atoms with Crippen molar-refractivity contribution in [3.63, 3.8) is 0 Å². The van der Waals surface area contributed by atoms with Crippen LogP contribution in [0.3, 0.4) is 0 Å². The van der Waals surface area contributed by atoms with Gasteiger partial charge in [0.05, 0.1) is 10.9 Å². The van der Waals surface area contributed by atoms with E-state index in [-0.39, 0.29) is 21.6 Å². The van der Waals surface area contributed by atoms with Crippen LogP contribution in [0.1, 0.15) is 29.7 Å². The van der Waals surface area contributed by atoms with Gasteiger partial charge in [0, 0.05) is 28.5 Å².